The van der Waals surface area contributed by atoms with Crippen LogP contribution in [0.15, 0.2) is 12.1 Å². The van der Waals surface area contributed by atoms with Gasteiger partial charge in [0.15, 0.2) is 11.5 Å². The molecule has 0 aliphatic heterocycles. The summed E-state index contributed by atoms with van der Waals surface area (Å²) >= 11 is 0. The van der Waals surface area contributed by atoms with Crippen molar-refractivity contribution in [3.8, 4) is 11.5 Å². The quantitative estimate of drug-likeness (QED) is 0.452. The lowest BCUT2D eigenvalue weighted by atomic mass is 9.85. The molecule has 154 valence electrons. The third-order valence-electron chi connectivity index (χ3n) is 4.73. The van der Waals surface area contributed by atoms with E-state index in [4.69, 9.17) is 14.6 Å². The number of hydrogen-bond donors (Lipinski definition) is 2. The number of aliphatic carboxylic acids is 1. The van der Waals surface area contributed by atoms with E-state index in [9.17, 15) is 19.7 Å². The Morgan fingerprint density at radius 3 is 2.50 bits per heavy atom. The van der Waals surface area contributed by atoms with Crippen molar-refractivity contribution in [2.45, 2.75) is 38.8 Å². The molecule has 0 spiro atoms. The minimum atomic E-state index is -0.897. The Bertz CT molecular complexity index is 747. The topological polar surface area (TPSA) is 131 Å². The highest BCUT2D eigenvalue weighted by Crippen LogP contribution is 2.35. The molecule has 10 nitrogen and oxygen atoms in total. The van der Waals surface area contributed by atoms with Gasteiger partial charge in [-0.15, -0.1) is 0 Å². The first-order chi connectivity index (χ1) is 13.3. The number of nitrogens with zero attached hydrogens (tertiary/aromatic N) is 2. The van der Waals surface area contributed by atoms with Crippen LogP contribution < -0.4 is 14.8 Å². The fourth-order valence-electron chi connectivity index (χ4n) is 3.25. The number of nitrogens with one attached hydrogen (secondary N) is 1. The van der Waals surface area contributed by atoms with Crippen LogP contribution in [-0.2, 0) is 4.79 Å². The molecule has 2 rings (SSSR count). The zero-order valence-electron chi connectivity index (χ0n) is 16.1. The molecule has 1 aromatic rings. The lowest BCUT2D eigenvalue weighted by molar-refractivity contribution is -0.385. The smallest absolute Gasteiger partial charge is 0.317 e. The van der Waals surface area contributed by atoms with Gasteiger partial charge in [-0.2, -0.15) is 0 Å². The number of carboxylic acids is 1. The van der Waals surface area contributed by atoms with Gasteiger partial charge in [0.1, 0.15) is 5.56 Å². The third kappa shape index (κ3) is 4.89. The highest BCUT2D eigenvalue weighted by Gasteiger charge is 2.36. The Morgan fingerprint density at radius 2 is 2.00 bits per heavy atom. The molecule has 0 bridgehead atoms. The van der Waals surface area contributed by atoms with Crippen molar-refractivity contribution in [2.24, 2.45) is 0 Å². The molecule has 0 atom stereocenters. The van der Waals surface area contributed by atoms with Crippen LogP contribution >= 0.6 is 0 Å². The van der Waals surface area contributed by atoms with E-state index >= 15 is 0 Å². The molecule has 0 heterocycles. The van der Waals surface area contributed by atoms with E-state index in [-0.39, 0.29) is 41.4 Å². The number of benzene rings is 1. The molecule has 1 saturated carbocycles. The van der Waals surface area contributed by atoms with Crippen LogP contribution in [0.5, 0.6) is 11.5 Å². The predicted octanol–water partition coefficient (Wildman–Crippen LogP) is 1.67. The number of ether oxygens (including phenoxy) is 2. The van der Waals surface area contributed by atoms with Crippen molar-refractivity contribution in [3.63, 3.8) is 0 Å². The number of methoxy groups -OCH3 is 1. The SMILES string of the molecule is CCOc1cc([N+](=O)[O-])c(C(=O)NC2CC(N(CC)CC(=O)O)C2)cc1OC. The zero-order chi connectivity index (χ0) is 20.8. The van der Waals surface area contributed by atoms with Crippen LogP contribution in [0.3, 0.4) is 0 Å². The average molecular weight is 395 g/mol. The summed E-state index contributed by atoms with van der Waals surface area (Å²) in [6.07, 6.45) is 1.18. The van der Waals surface area contributed by atoms with Crippen molar-refractivity contribution < 1.29 is 29.1 Å². The summed E-state index contributed by atoms with van der Waals surface area (Å²) in [5, 5.41) is 23.1. The number of carbonyl (C=O) groups excluding carboxylic acids is 1. The van der Waals surface area contributed by atoms with Crippen LogP contribution in [0.4, 0.5) is 5.69 Å². The van der Waals surface area contributed by atoms with Crippen LogP contribution in [0.2, 0.25) is 0 Å². The van der Waals surface area contributed by atoms with Crippen LogP contribution in [-0.4, -0.2) is 65.7 Å². The number of carboxylic acid groups (broad SMARTS) is 1. The summed E-state index contributed by atoms with van der Waals surface area (Å²) in [6.45, 7) is 4.46. The number of carbonyl (C=O) groups is 2. The molecule has 0 aromatic heterocycles. The highest BCUT2D eigenvalue weighted by atomic mass is 16.6. The van der Waals surface area contributed by atoms with Gasteiger partial charge in [-0.25, -0.2) is 0 Å². The normalized spacial score (nSPS) is 18.3. The number of amides is 1. The molecule has 1 amide bonds. The summed E-state index contributed by atoms with van der Waals surface area (Å²) < 4.78 is 10.5. The maximum absolute atomic E-state index is 12.6. The highest BCUT2D eigenvalue weighted by molar-refractivity contribution is 5.99. The second kappa shape index (κ2) is 9.36. The van der Waals surface area contributed by atoms with E-state index in [1.54, 1.807) is 6.92 Å². The Morgan fingerprint density at radius 1 is 1.32 bits per heavy atom. The van der Waals surface area contributed by atoms with Crippen LogP contribution in [0, 0.1) is 10.1 Å². The molecule has 2 N–H and O–H groups in total. The second-order valence-electron chi connectivity index (χ2n) is 6.46. The first kappa shape index (κ1) is 21.4. The van der Waals surface area contributed by atoms with E-state index in [0.29, 0.717) is 26.0 Å². The summed E-state index contributed by atoms with van der Waals surface area (Å²) in [5.41, 5.74) is -0.467. The zero-order valence-corrected chi connectivity index (χ0v) is 16.1. The van der Waals surface area contributed by atoms with Crippen LogP contribution in [0.1, 0.15) is 37.0 Å². The van der Waals surface area contributed by atoms with Crippen LogP contribution in [0.25, 0.3) is 0 Å². The number of rotatable bonds is 10. The van der Waals surface area contributed by atoms with Gasteiger partial charge in [-0.1, -0.05) is 6.92 Å². The molecule has 1 fully saturated rings. The number of nitro benzene ring substituents is 1. The van der Waals surface area contributed by atoms with E-state index in [2.05, 4.69) is 5.32 Å². The van der Waals surface area contributed by atoms with E-state index < -0.39 is 16.8 Å². The van der Waals surface area contributed by atoms with Gasteiger partial charge in [0.25, 0.3) is 11.6 Å². The number of likely N-dealkylation sites (N-methyl/N-ethyl adjacent to an activating group) is 1. The van der Waals surface area contributed by atoms with Crippen molar-refractivity contribution in [3.05, 3.63) is 27.8 Å². The van der Waals surface area contributed by atoms with Crippen molar-refractivity contribution in [1.82, 2.24) is 10.2 Å². The molecule has 0 radical (unpaired) electrons. The molecule has 1 aromatic carbocycles. The van der Waals surface area contributed by atoms with Crippen molar-refractivity contribution in [2.75, 3.05) is 26.8 Å². The van der Waals surface area contributed by atoms with E-state index in [0.717, 1.165) is 0 Å². The molecule has 0 saturated heterocycles. The molecule has 1 aliphatic carbocycles. The Balaban J connectivity index is 2.10. The summed E-state index contributed by atoms with van der Waals surface area (Å²) in [4.78, 5) is 36.1. The monoisotopic (exact) mass is 395 g/mol. The summed E-state index contributed by atoms with van der Waals surface area (Å²) in [6, 6.07) is 2.39. The average Bonchev–Trinajstić information content (AvgIpc) is 2.62. The Labute approximate surface area is 162 Å². The predicted molar refractivity (Wildman–Crippen MR) is 100.0 cm³/mol. The maximum Gasteiger partial charge on any atom is 0.317 e. The van der Waals surface area contributed by atoms with Gasteiger partial charge in [0.2, 0.25) is 0 Å². The molecule has 0 unspecified atom stereocenters. The largest absolute Gasteiger partial charge is 0.493 e. The van der Waals surface area contributed by atoms with Gasteiger partial charge in [0, 0.05) is 18.2 Å². The third-order valence-corrected chi connectivity index (χ3v) is 4.73. The lowest BCUT2D eigenvalue weighted by Crippen LogP contribution is -2.54. The fraction of sp³-hybridized carbons (Fsp3) is 0.556. The summed E-state index contributed by atoms with van der Waals surface area (Å²) in [5.74, 6) is -1.03. The minimum Gasteiger partial charge on any atom is -0.493 e. The first-order valence-corrected chi connectivity index (χ1v) is 9.06. The summed E-state index contributed by atoms with van der Waals surface area (Å²) in [7, 11) is 1.39. The first-order valence-electron chi connectivity index (χ1n) is 9.06. The van der Waals surface area contributed by atoms with E-state index in [1.807, 2.05) is 11.8 Å². The molecular formula is C18H25N3O7. The van der Waals surface area contributed by atoms with Gasteiger partial charge in [-0.05, 0) is 26.3 Å². The van der Waals surface area contributed by atoms with Crippen molar-refractivity contribution in [1.29, 1.82) is 0 Å². The Kier molecular flexibility index (Phi) is 7.16. The van der Waals surface area contributed by atoms with E-state index in [1.165, 1.54) is 19.2 Å². The standard InChI is InChI=1S/C18H25N3O7/c1-4-20(10-17(22)23)12-6-11(7-12)19-18(24)13-8-15(27-3)16(28-5-2)9-14(13)21(25)26/h8-9,11-12H,4-7,10H2,1-3H3,(H,19,24)(H,22,23). The minimum absolute atomic E-state index is 0.0522. The Hall–Kier alpha value is -2.88. The number of hydrogen-bond acceptors (Lipinski definition) is 7. The molecule has 1 aliphatic rings. The number of nitro groups is 1. The second-order valence-corrected chi connectivity index (χ2v) is 6.46. The van der Waals surface area contributed by atoms with Crippen molar-refractivity contribution >= 4 is 17.6 Å². The molecule has 10 heteroatoms. The van der Waals surface area contributed by atoms with Gasteiger partial charge in [0.05, 0.1) is 31.3 Å². The lowest BCUT2D eigenvalue weighted by Gasteiger charge is -2.42. The van der Waals surface area contributed by atoms with Gasteiger partial charge in [-0.3, -0.25) is 24.6 Å². The van der Waals surface area contributed by atoms with Gasteiger partial charge < -0.3 is 19.9 Å². The van der Waals surface area contributed by atoms with Gasteiger partial charge >= 0.3 is 5.97 Å². The maximum atomic E-state index is 12.6. The molecule has 28 heavy (non-hydrogen) atoms. The fourth-order valence-corrected chi connectivity index (χ4v) is 3.25. The molecular weight excluding hydrogens is 370 g/mol.